The highest BCUT2D eigenvalue weighted by atomic mass is 16.5. The standard InChI is InChI=1S/C21H20N4O/c1-2-7-15(6-1)14-26-18-9-5-8-16-11-12-17(22-20(16)18)21-24-23-19-10-3-4-13-25(19)21/h3-5,8-13,15H,1-2,6-7,14H2. The fourth-order valence-electron chi connectivity index (χ4n) is 3.76. The van der Waals surface area contributed by atoms with Gasteiger partial charge in [0.15, 0.2) is 11.5 Å². The second kappa shape index (κ2) is 6.41. The molecule has 5 heteroatoms. The molecule has 1 saturated carbocycles. The van der Waals surface area contributed by atoms with Crippen LogP contribution in [0.2, 0.25) is 0 Å². The van der Waals surface area contributed by atoms with Crippen molar-refractivity contribution >= 4 is 16.6 Å². The fourth-order valence-corrected chi connectivity index (χ4v) is 3.76. The molecule has 5 rings (SSSR count). The maximum absolute atomic E-state index is 6.16. The average molecular weight is 344 g/mol. The molecule has 1 fully saturated rings. The summed E-state index contributed by atoms with van der Waals surface area (Å²) in [5.41, 5.74) is 2.50. The van der Waals surface area contributed by atoms with Gasteiger partial charge in [-0.1, -0.05) is 37.1 Å². The van der Waals surface area contributed by atoms with E-state index < -0.39 is 0 Å². The minimum atomic E-state index is 0.675. The van der Waals surface area contributed by atoms with Gasteiger partial charge in [0.2, 0.25) is 0 Å². The lowest BCUT2D eigenvalue weighted by Gasteiger charge is -2.13. The number of fused-ring (bicyclic) bond motifs is 2. The molecular formula is C21H20N4O. The molecule has 130 valence electrons. The number of para-hydroxylation sites is 1. The molecule has 0 aliphatic heterocycles. The summed E-state index contributed by atoms with van der Waals surface area (Å²) in [6.45, 7) is 0.777. The van der Waals surface area contributed by atoms with Gasteiger partial charge in [0.25, 0.3) is 0 Å². The number of ether oxygens (including phenoxy) is 1. The Hall–Kier alpha value is -2.95. The van der Waals surface area contributed by atoms with Crippen LogP contribution in [-0.2, 0) is 0 Å². The van der Waals surface area contributed by atoms with Crippen molar-refractivity contribution in [1.29, 1.82) is 0 Å². The summed E-state index contributed by atoms with van der Waals surface area (Å²) in [4.78, 5) is 4.86. The summed E-state index contributed by atoms with van der Waals surface area (Å²) >= 11 is 0. The SMILES string of the molecule is c1cc(OCC2CCCC2)c2nc(-c3nnc4ccccn34)ccc2c1. The third-order valence-electron chi connectivity index (χ3n) is 5.18. The minimum Gasteiger partial charge on any atom is -0.491 e. The molecule has 0 atom stereocenters. The largest absolute Gasteiger partial charge is 0.491 e. The Kier molecular flexibility index (Phi) is 3.77. The van der Waals surface area contributed by atoms with Crippen LogP contribution in [0.4, 0.5) is 0 Å². The molecule has 1 aliphatic rings. The monoisotopic (exact) mass is 344 g/mol. The summed E-state index contributed by atoms with van der Waals surface area (Å²) in [6, 6.07) is 16.0. The molecule has 0 unspecified atom stereocenters. The van der Waals surface area contributed by atoms with Crippen LogP contribution < -0.4 is 4.74 Å². The molecule has 0 N–H and O–H groups in total. The van der Waals surface area contributed by atoms with Crippen LogP contribution in [0.5, 0.6) is 5.75 Å². The van der Waals surface area contributed by atoms with Crippen molar-refractivity contribution in [3.63, 3.8) is 0 Å². The molecular weight excluding hydrogens is 324 g/mol. The van der Waals surface area contributed by atoms with E-state index >= 15 is 0 Å². The van der Waals surface area contributed by atoms with E-state index in [1.165, 1.54) is 25.7 Å². The molecule has 0 spiro atoms. The van der Waals surface area contributed by atoms with Gasteiger partial charge in [-0.15, -0.1) is 10.2 Å². The second-order valence-electron chi connectivity index (χ2n) is 6.94. The van der Waals surface area contributed by atoms with Crippen LogP contribution >= 0.6 is 0 Å². The van der Waals surface area contributed by atoms with Crippen molar-refractivity contribution < 1.29 is 4.74 Å². The van der Waals surface area contributed by atoms with Crippen LogP contribution in [0.25, 0.3) is 28.1 Å². The number of pyridine rings is 2. The third kappa shape index (κ3) is 2.69. The molecule has 0 amide bonds. The molecule has 5 nitrogen and oxygen atoms in total. The Morgan fingerprint density at radius 3 is 2.81 bits per heavy atom. The van der Waals surface area contributed by atoms with Gasteiger partial charge in [-0.2, -0.15) is 0 Å². The topological polar surface area (TPSA) is 52.3 Å². The first-order valence-electron chi connectivity index (χ1n) is 9.21. The van der Waals surface area contributed by atoms with E-state index in [1.54, 1.807) is 0 Å². The third-order valence-corrected chi connectivity index (χ3v) is 5.18. The Morgan fingerprint density at radius 1 is 0.962 bits per heavy atom. The van der Waals surface area contributed by atoms with Gasteiger partial charge in [0, 0.05) is 11.6 Å². The molecule has 0 bridgehead atoms. The Labute approximate surface area is 151 Å². The number of aromatic nitrogens is 4. The van der Waals surface area contributed by atoms with Gasteiger partial charge in [-0.3, -0.25) is 4.40 Å². The van der Waals surface area contributed by atoms with Gasteiger partial charge in [-0.25, -0.2) is 4.98 Å². The van der Waals surface area contributed by atoms with E-state index in [9.17, 15) is 0 Å². The number of benzene rings is 1. The molecule has 0 radical (unpaired) electrons. The fraction of sp³-hybridized carbons (Fsp3) is 0.286. The summed E-state index contributed by atoms with van der Waals surface area (Å²) < 4.78 is 8.11. The predicted octanol–water partition coefficient (Wildman–Crippen LogP) is 4.51. The van der Waals surface area contributed by atoms with Gasteiger partial charge in [-0.05, 0) is 43.0 Å². The molecule has 3 aromatic heterocycles. The molecule has 3 heterocycles. The molecule has 4 aromatic rings. The summed E-state index contributed by atoms with van der Waals surface area (Å²) in [5, 5.41) is 9.62. The Morgan fingerprint density at radius 2 is 1.88 bits per heavy atom. The van der Waals surface area contributed by atoms with E-state index in [0.717, 1.165) is 40.4 Å². The lowest BCUT2D eigenvalue weighted by Crippen LogP contribution is -2.08. The first kappa shape index (κ1) is 15.3. The Balaban J connectivity index is 1.54. The molecule has 1 aromatic carbocycles. The summed E-state index contributed by atoms with van der Waals surface area (Å²) in [6.07, 6.45) is 7.15. The van der Waals surface area contributed by atoms with E-state index in [2.05, 4.69) is 22.3 Å². The highest BCUT2D eigenvalue weighted by Crippen LogP contribution is 2.30. The predicted molar refractivity (Wildman–Crippen MR) is 101 cm³/mol. The van der Waals surface area contributed by atoms with E-state index in [4.69, 9.17) is 9.72 Å². The normalized spacial score (nSPS) is 15.1. The summed E-state index contributed by atoms with van der Waals surface area (Å²) in [7, 11) is 0. The zero-order valence-electron chi connectivity index (χ0n) is 14.5. The average Bonchev–Trinajstić information content (AvgIpc) is 3.35. The van der Waals surface area contributed by atoms with Crippen molar-refractivity contribution in [3.05, 3.63) is 54.7 Å². The molecule has 0 saturated heterocycles. The van der Waals surface area contributed by atoms with Crippen molar-refractivity contribution in [3.8, 4) is 17.3 Å². The second-order valence-corrected chi connectivity index (χ2v) is 6.94. The number of nitrogens with zero attached hydrogens (tertiary/aromatic N) is 4. The van der Waals surface area contributed by atoms with E-state index in [1.807, 2.05) is 47.0 Å². The first-order valence-corrected chi connectivity index (χ1v) is 9.21. The maximum Gasteiger partial charge on any atom is 0.187 e. The van der Waals surface area contributed by atoms with Crippen molar-refractivity contribution in [2.24, 2.45) is 5.92 Å². The van der Waals surface area contributed by atoms with Crippen LogP contribution in [-0.4, -0.2) is 26.2 Å². The number of hydrogen-bond acceptors (Lipinski definition) is 4. The lowest BCUT2D eigenvalue weighted by molar-refractivity contribution is 0.254. The first-order chi connectivity index (χ1) is 12.9. The van der Waals surface area contributed by atoms with Crippen LogP contribution in [0.1, 0.15) is 25.7 Å². The van der Waals surface area contributed by atoms with Gasteiger partial charge < -0.3 is 4.74 Å². The highest BCUT2D eigenvalue weighted by Gasteiger charge is 2.17. The number of rotatable bonds is 4. The van der Waals surface area contributed by atoms with Gasteiger partial charge in [0.05, 0.1) is 6.61 Å². The minimum absolute atomic E-state index is 0.675. The Bertz CT molecular complexity index is 1070. The molecule has 1 aliphatic carbocycles. The van der Waals surface area contributed by atoms with Crippen LogP contribution in [0.15, 0.2) is 54.7 Å². The van der Waals surface area contributed by atoms with E-state index in [0.29, 0.717) is 5.92 Å². The van der Waals surface area contributed by atoms with Crippen molar-refractivity contribution in [1.82, 2.24) is 19.6 Å². The maximum atomic E-state index is 6.16. The van der Waals surface area contributed by atoms with Crippen molar-refractivity contribution in [2.45, 2.75) is 25.7 Å². The lowest BCUT2D eigenvalue weighted by atomic mass is 10.1. The van der Waals surface area contributed by atoms with Crippen LogP contribution in [0.3, 0.4) is 0 Å². The zero-order chi connectivity index (χ0) is 17.3. The number of hydrogen-bond donors (Lipinski definition) is 0. The van der Waals surface area contributed by atoms with E-state index in [-0.39, 0.29) is 0 Å². The zero-order valence-corrected chi connectivity index (χ0v) is 14.5. The van der Waals surface area contributed by atoms with Gasteiger partial charge in [0.1, 0.15) is 17.0 Å². The highest BCUT2D eigenvalue weighted by molar-refractivity contribution is 5.86. The van der Waals surface area contributed by atoms with Gasteiger partial charge >= 0.3 is 0 Å². The quantitative estimate of drug-likeness (QED) is 0.546. The smallest absolute Gasteiger partial charge is 0.187 e. The summed E-state index contributed by atoms with van der Waals surface area (Å²) in [5.74, 6) is 2.27. The molecule has 26 heavy (non-hydrogen) atoms. The van der Waals surface area contributed by atoms with Crippen LogP contribution in [0, 0.1) is 5.92 Å². The van der Waals surface area contributed by atoms with Crippen molar-refractivity contribution in [2.75, 3.05) is 6.61 Å².